The molecular weight excluding hydrogens is 308 g/mol. The van der Waals surface area contributed by atoms with Crippen molar-refractivity contribution in [2.24, 2.45) is 0 Å². The Balaban J connectivity index is 1.85. The smallest absolute Gasteiger partial charge is 0.250 e. The van der Waals surface area contributed by atoms with Gasteiger partial charge < -0.3 is 5.32 Å². The van der Waals surface area contributed by atoms with E-state index in [4.69, 9.17) is 11.6 Å². The number of nitrogens with one attached hydrogen (secondary N) is 2. The van der Waals surface area contributed by atoms with Crippen molar-refractivity contribution in [2.75, 3.05) is 6.54 Å². The highest BCUT2D eigenvalue weighted by atomic mass is 35.5. The van der Waals surface area contributed by atoms with Gasteiger partial charge in [0.1, 0.15) is 4.21 Å². The largest absolute Gasteiger partial charge is 0.352 e. The summed E-state index contributed by atoms with van der Waals surface area (Å²) in [5.41, 5.74) is 0. The van der Waals surface area contributed by atoms with Crippen LogP contribution in [0.4, 0.5) is 0 Å². The molecule has 0 atom stereocenters. The summed E-state index contributed by atoms with van der Waals surface area (Å²) in [5.74, 6) is -0.293. The second-order valence-corrected chi connectivity index (χ2v) is 8.14. The van der Waals surface area contributed by atoms with E-state index in [1.54, 1.807) is 0 Å². The highest BCUT2D eigenvalue weighted by Gasteiger charge is 2.20. The molecule has 1 aromatic rings. The van der Waals surface area contributed by atoms with Crippen molar-refractivity contribution in [2.45, 2.75) is 35.9 Å². The first kappa shape index (κ1) is 14.8. The topological polar surface area (TPSA) is 75.3 Å². The van der Waals surface area contributed by atoms with Crippen LogP contribution in [0.3, 0.4) is 0 Å². The van der Waals surface area contributed by atoms with Crippen LogP contribution in [0, 0.1) is 0 Å². The van der Waals surface area contributed by atoms with Crippen LogP contribution in [0.5, 0.6) is 0 Å². The lowest BCUT2D eigenvalue weighted by molar-refractivity contribution is -0.120. The van der Waals surface area contributed by atoms with Crippen molar-refractivity contribution in [3.63, 3.8) is 0 Å². The molecule has 106 valence electrons. The van der Waals surface area contributed by atoms with Gasteiger partial charge in [0, 0.05) is 6.04 Å². The number of carbonyl (C=O) groups is 1. The summed E-state index contributed by atoms with van der Waals surface area (Å²) in [6.07, 6.45) is 4.17. The third-order valence-corrected chi connectivity index (χ3v) is 6.08. The molecule has 0 unspecified atom stereocenters. The van der Waals surface area contributed by atoms with Crippen LogP contribution >= 0.6 is 22.9 Å². The van der Waals surface area contributed by atoms with Gasteiger partial charge in [0.15, 0.2) is 0 Å². The first-order valence-corrected chi connectivity index (χ1v) is 8.69. The lowest BCUT2D eigenvalue weighted by Crippen LogP contribution is -2.40. The van der Waals surface area contributed by atoms with E-state index >= 15 is 0 Å². The molecule has 2 N–H and O–H groups in total. The molecule has 0 aromatic carbocycles. The molecule has 0 saturated heterocycles. The van der Waals surface area contributed by atoms with E-state index in [0.717, 1.165) is 37.0 Å². The number of rotatable bonds is 5. The Morgan fingerprint density at radius 3 is 2.63 bits per heavy atom. The SMILES string of the molecule is O=C(CNS(=O)(=O)c1ccc(Cl)s1)NC1CCCC1. The van der Waals surface area contributed by atoms with Crippen LogP contribution in [0.2, 0.25) is 4.34 Å². The van der Waals surface area contributed by atoms with Crippen molar-refractivity contribution in [3.8, 4) is 0 Å². The van der Waals surface area contributed by atoms with Crippen molar-refractivity contribution >= 4 is 38.9 Å². The highest BCUT2D eigenvalue weighted by molar-refractivity contribution is 7.91. The maximum absolute atomic E-state index is 11.8. The molecule has 0 spiro atoms. The predicted molar refractivity (Wildman–Crippen MR) is 74.9 cm³/mol. The molecule has 1 heterocycles. The Labute approximate surface area is 121 Å². The second kappa shape index (κ2) is 6.21. The Morgan fingerprint density at radius 2 is 2.05 bits per heavy atom. The van der Waals surface area contributed by atoms with E-state index in [1.807, 2.05) is 0 Å². The van der Waals surface area contributed by atoms with Crippen molar-refractivity contribution in [1.82, 2.24) is 10.0 Å². The van der Waals surface area contributed by atoms with E-state index in [-0.39, 0.29) is 22.7 Å². The Kier molecular flexibility index (Phi) is 4.83. The summed E-state index contributed by atoms with van der Waals surface area (Å²) >= 11 is 6.65. The number of amides is 1. The zero-order valence-electron chi connectivity index (χ0n) is 10.2. The van der Waals surface area contributed by atoms with Crippen LogP contribution in [0.1, 0.15) is 25.7 Å². The molecule has 1 amide bonds. The molecule has 19 heavy (non-hydrogen) atoms. The number of halogens is 1. The molecule has 0 bridgehead atoms. The molecule has 1 aliphatic rings. The monoisotopic (exact) mass is 322 g/mol. The van der Waals surface area contributed by atoms with Crippen molar-refractivity contribution < 1.29 is 13.2 Å². The van der Waals surface area contributed by atoms with Gasteiger partial charge in [0.25, 0.3) is 10.0 Å². The third-order valence-electron chi connectivity index (χ3n) is 2.96. The van der Waals surface area contributed by atoms with Crippen LogP contribution in [0.25, 0.3) is 0 Å². The maximum Gasteiger partial charge on any atom is 0.250 e. The summed E-state index contributed by atoms with van der Waals surface area (Å²) in [7, 11) is -3.64. The fraction of sp³-hybridized carbons (Fsp3) is 0.545. The quantitative estimate of drug-likeness (QED) is 0.867. The van der Waals surface area contributed by atoms with E-state index in [9.17, 15) is 13.2 Å². The number of hydrogen-bond donors (Lipinski definition) is 2. The van der Waals surface area contributed by atoms with Gasteiger partial charge in [-0.05, 0) is 25.0 Å². The number of carbonyl (C=O) groups excluding carboxylic acids is 1. The summed E-state index contributed by atoms with van der Waals surface area (Å²) in [6, 6.07) is 3.12. The fourth-order valence-corrected chi connectivity index (χ4v) is 4.53. The molecular formula is C11H15ClN2O3S2. The Bertz CT molecular complexity index is 550. The summed E-state index contributed by atoms with van der Waals surface area (Å²) in [5, 5.41) is 2.82. The van der Waals surface area contributed by atoms with Crippen molar-refractivity contribution in [1.29, 1.82) is 0 Å². The average Bonchev–Trinajstić information content (AvgIpc) is 2.98. The Hall–Kier alpha value is -0.630. The number of thiophene rings is 1. The molecule has 1 saturated carbocycles. The Morgan fingerprint density at radius 1 is 1.37 bits per heavy atom. The molecule has 5 nitrogen and oxygen atoms in total. The van der Waals surface area contributed by atoms with Gasteiger partial charge in [0.05, 0.1) is 10.9 Å². The molecule has 0 aliphatic heterocycles. The minimum atomic E-state index is -3.64. The zero-order chi connectivity index (χ0) is 13.9. The first-order valence-electron chi connectivity index (χ1n) is 6.02. The molecule has 1 aromatic heterocycles. The van der Waals surface area contributed by atoms with Crippen molar-refractivity contribution in [3.05, 3.63) is 16.5 Å². The van der Waals surface area contributed by atoms with Crippen LogP contribution < -0.4 is 10.0 Å². The zero-order valence-corrected chi connectivity index (χ0v) is 12.6. The van der Waals surface area contributed by atoms with Gasteiger partial charge in [-0.15, -0.1) is 11.3 Å². The van der Waals surface area contributed by atoms with E-state index in [0.29, 0.717) is 4.34 Å². The average molecular weight is 323 g/mol. The van der Waals surface area contributed by atoms with E-state index in [2.05, 4.69) is 10.0 Å². The predicted octanol–water partition coefficient (Wildman–Crippen LogP) is 1.74. The van der Waals surface area contributed by atoms with Gasteiger partial charge >= 0.3 is 0 Å². The van der Waals surface area contributed by atoms with Gasteiger partial charge in [-0.2, -0.15) is 0 Å². The first-order chi connectivity index (χ1) is 8.97. The normalized spacial score (nSPS) is 16.7. The minimum absolute atomic E-state index is 0.117. The maximum atomic E-state index is 11.8. The van der Waals surface area contributed by atoms with Crippen LogP contribution in [-0.2, 0) is 14.8 Å². The molecule has 8 heteroatoms. The lowest BCUT2D eigenvalue weighted by atomic mass is 10.2. The summed E-state index contributed by atoms with van der Waals surface area (Å²) in [6.45, 7) is -0.242. The highest BCUT2D eigenvalue weighted by Crippen LogP contribution is 2.25. The fourth-order valence-electron chi connectivity index (χ4n) is 2.02. The summed E-state index contributed by atoms with van der Waals surface area (Å²) in [4.78, 5) is 11.6. The van der Waals surface area contributed by atoms with Crippen LogP contribution in [-0.4, -0.2) is 26.9 Å². The second-order valence-electron chi connectivity index (χ2n) is 4.43. The molecule has 1 fully saturated rings. The van der Waals surface area contributed by atoms with Gasteiger partial charge in [-0.25, -0.2) is 13.1 Å². The standard InChI is InChI=1S/C11H15ClN2O3S2/c12-9-5-6-11(18-9)19(16,17)13-7-10(15)14-8-3-1-2-4-8/h5-6,8,13H,1-4,7H2,(H,14,15). The van der Waals surface area contributed by atoms with E-state index in [1.165, 1.54) is 12.1 Å². The van der Waals surface area contributed by atoms with Gasteiger partial charge in [0.2, 0.25) is 5.91 Å². The van der Waals surface area contributed by atoms with Gasteiger partial charge in [-0.3, -0.25) is 4.79 Å². The molecule has 1 aliphatic carbocycles. The van der Waals surface area contributed by atoms with E-state index < -0.39 is 10.0 Å². The van der Waals surface area contributed by atoms with Gasteiger partial charge in [-0.1, -0.05) is 24.4 Å². The third kappa shape index (κ3) is 4.17. The number of hydrogen-bond acceptors (Lipinski definition) is 4. The minimum Gasteiger partial charge on any atom is -0.352 e. The number of sulfonamides is 1. The molecule has 2 rings (SSSR count). The summed E-state index contributed by atoms with van der Waals surface area (Å²) < 4.78 is 26.5. The lowest BCUT2D eigenvalue weighted by Gasteiger charge is -2.12. The van der Waals surface area contributed by atoms with Crippen LogP contribution in [0.15, 0.2) is 16.3 Å². The molecule has 0 radical (unpaired) electrons.